The Morgan fingerprint density at radius 1 is 0.953 bits per heavy atom. The average molecular weight is 603 g/mol. The zero-order valence-electron chi connectivity index (χ0n) is 24.8. The number of hydrogen-bond donors (Lipinski definition) is 1. The van der Waals surface area contributed by atoms with Crippen LogP contribution in [0.3, 0.4) is 0 Å². The summed E-state index contributed by atoms with van der Waals surface area (Å²) >= 11 is 0. The number of nitrogens with one attached hydrogen (secondary N) is 1. The number of pyridine rings is 1. The molecule has 1 aromatic heterocycles. The zero-order valence-corrected chi connectivity index (χ0v) is 25.6. The Labute approximate surface area is 253 Å². The summed E-state index contributed by atoms with van der Waals surface area (Å²) in [5, 5.41) is 1.02. The molecule has 0 spiro atoms. The molecule has 5 rings (SSSR count). The first-order valence-electron chi connectivity index (χ1n) is 14.4. The number of methoxy groups -OCH3 is 1. The second-order valence-corrected chi connectivity index (χ2v) is 12.7. The fourth-order valence-corrected chi connectivity index (χ4v) is 6.38. The molecule has 43 heavy (non-hydrogen) atoms. The van der Waals surface area contributed by atoms with Crippen molar-refractivity contribution < 1.29 is 22.7 Å². The van der Waals surface area contributed by atoms with E-state index in [0.29, 0.717) is 25.4 Å². The highest BCUT2D eigenvalue weighted by atomic mass is 32.2. The Morgan fingerprint density at radius 2 is 1.65 bits per heavy atom. The number of piperazine rings is 1. The number of aryl methyl sites for hydroxylation is 2. The zero-order chi connectivity index (χ0) is 30.4. The molecule has 0 radical (unpaired) electrons. The largest absolute Gasteiger partial charge is 0.489 e. The summed E-state index contributed by atoms with van der Waals surface area (Å²) in [6, 6.07) is 23.9. The van der Waals surface area contributed by atoms with Gasteiger partial charge < -0.3 is 9.47 Å². The lowest BCUT2D eigenvalue weighted by atomic mass is 10.1. The normalized spacial score (nSPS) is 15.3. The van der Waals surface area contributed by atoms with Gasteiger partial charge in [-0.1, -0.05) is 48.0 Å². The van der Waals surface area contributed by atoms with Crippen LogP contribution in [0.1, 0.15) is 22.4 Å². The Balaban J connectivity index is 1.17. The van der Waals surface area contributed by atoms with Crippen LogP contribution < -0.4 is 9.46 Å². The van der Waals surface area contributed by atoms with Crippen LogP contribution in [0.5, 0.6) is 5.75 Å². The average Bonchev–Trinajstić information content (AvgIpc) is 3.01. The van der Waals surface area contributed by atoms with Crippen molar-refractivity contribution in [2.45, 2.75) is 37.9 Å². The van der Waals surface area contributed by atoms with E-state index in [1.165, 1.54) is 30.4 Å². The summed E-state index contributed by atoms with van der Waals surface area (Å²) in [6.07, 6.45) is 0. The SMILES string of the molecule is COC(=O)[C@H](CNS(=O)(=O)c1ccc(OCc2cc(C)nc3ccccc23)cc1)N1CCN(Cc2ccc(C)cc2)CC1. The molecule has 4 aromatic rings. The van der Waals surface area contributed by atoms with Crippen molar-refractivity contribution in [1.29, 1.82) is 0 Å². The molecule has 1 N–H and O–H groups in total. The predicted octanol–water partition coefficient (Wildman–Crippen LogP) is 4.07. The van der Waals surface area contributed by atoms with E-state index in [4.69, 9.17) is 9.47 Å². The quantitative estimate of drug-likeness (QED) is 0.257. The molecule has 0 unspecified atom stereocenters. The first kappa shape index (κ1) is 30.6. The van der Waals surface area contributed by atoms with Crippen LogP contribution in [-0.2, 0) is 32.7 Å². The van der Waals surface area contributed by atoms with Crippen LogP contribution in [-0.4, -0.2) is 75.0 Å². The van der Waals surface area contributed by atoms with E-state index in [-0.39, 0.29) is 11.4 Å². The minimum atomic E-state index is -3.87. The van der Waals surface area contributed by atoms with E-state index in [2.05, 4.69) is 45.8 Å². The minimum absolute atomic E-state index is 0.0836. The summed E-state index contributed by atoms with van der Waals surface area (Å²) < 4.78 is 39.9. The summed E-state index contributed by atoms with van der Waals surface area (Å²) in [7, 11) is -2.54. The van der Waals surface area contributed by atoms with Crippen molar-refractivity contribution in [3.63, 3.8) is 0 Å². The number of hydrogen-bond acceptors (Lipinski definition) is 8. The molecule has 3 aromatic carbocycles. The second-order valence-electron chi connectivity index (χ2n) is 10.9. The van der Waals surface area contributed by atoms with Gasteiger partial charge in [0.15, 0.2) is 0 Å². The highest BCUT2D eigenvalue weighted by molar-refractivity contribution is 7.89. The van der Waals surface area contributed by atoms with E-state index >= 15 is 0 Å². The standard InChI is InChI=1S/C33H38N4O5S/c1-24-8-10-26(11-9-24)22-36-16-18-37(19-17-36)32(33(38)41-3)21-34-43(39,40)29-14-12-28(13-15-29)42-23-27-20-25(2)35-31-7-5-4-6-30(27)31/h4-15,20,32,34H,16-19,21-23H2,1-3H3/t32-/m0/s1. The molecule has 0 aliphatic carbocycles. The second kappa shape index (κ2) is 13.6. The van der Waals surface area contributed by atoms with Crippen molar-refractivity contribution in [2.75, 3.05) is 39.8 Å². The molecule has 0 bridgehead atoms. The van der Waals surface area contributed by atoms with Crippen molar-refractivity contribution in [3.05, 3.63) is 101 Å². The number of benzene rings is 3. The maximum atomic E-state index is 13.1. The third kappa shape index (κ3) is 7.77. The lowest BCUT2D eigenvalue weighted by Gasteiger charge is -2.38. The Bertz CT molecular complexity index is 1650. The molecule has 1 saturated heterocycles. The number of nitrogens with zero attached hydrogens (tertiary/aromatic N) is 3. The molecule has 1 aliphatic heterocycles. The van der Waals surface area contributed by atoms with Gasteiger partial charge >= 0.3 is 5.97 Å². The van der Waals surface area contributed by atoms with Gasteiger partial charge in [0.25, 0.3) is 0 Å². The Kier molecular flexibility index (Phi) is 9.72. The number of ether oxygens (including phenoxy) is 2. The molecule has 9 nitrogen and oxygen atoms in total. The molecular weight excluding hydrogens is 564 g/mol. The Morgan fingerprint density at radius 3 is 2.35 bits per heavy atom. The molecular formula is C33H38N4O5S. The predicted molar refractivity (Wildman–Crippen MR) is 166 cm³/mol. The lowest BCUT2D eigenvalue weighted by Crippen LogP contribution is -2.56. The lowest BCUT2D eigenvalue weighted by molar-refractivity contribution is -0.147. The summed E-state index contributed by atoms with van der Waals surface area (Å²) in [5.41, 5.74) is 5.29. The number of sulfonamides is 1. The number of carbonyl (C=O) groups is 1. The molecule has 1 atom stereocenters. The summed E-state index contributed by atoms with van der Waals surface area (Å²) in [5.74, 6) is 0.0887. The van der Waals surface area contributed by atoms with E-state index in [1.54, 1.807) is 12.1 Å². The number of fused-ring (bicyclic) bond motifs is 1. The van der Waals surface area contributed by atoms with Crippen LogP contribution >= 0.6 is 0 Å². The third-order valence-corrected chi connectivity index (χ3v) is 9.21. The number of aromatic nitrogens is 1. The van der Waals surface area contributed by atoms with E-state index in [0.717, 1.165) is 41.8 Å². The van der Waals surface area contributed by atoms with Crippen molar-refractivity contribution in [2.24, 2.45) is 0 Å². The minimum Gasteiger partial charge on any atom is -0.489 e. The van der Waals surface area contributed by atoms with Gasteiger partial charge in [-0.2, -0.15) is 0 Å². The van der Waals surface area contributed by atoms with Gasteiger partial charge in [0, 0.05) is 55.9 Å². The van der Waals surface area contributed by atoms with E-state index in [9.17, 15) is 13.2 Å². The van der Waals surface area contributed by atoms with Gasteiger partial charge in [-0.05, 0) is 55.8 Å². The molecule has 226 valence electrons. The third-order valence-electron chi connectivity index (χ3n) is 7.77. The number of rotatable bonds is 11. The summed E-state index contributed by atoms with van der Waals surface area (Å²) in [6.45, 7) is 7.89. The van der Waals surface area contributed by atoms with Crippen LogP contribution in [0.4, 0.5) is 0 Å². The molecule has 2 heterocycles. The Hall–Kier alpha value is -3.83. The fraction of sp³-hybridized carbons (Fsp3) is 0.333. The highest BCUT2D eigenvalue weighted by Crippen LogP contribution is 2.22. The maximum Gasteiger partial charge on any atom is 0.324 e. The van der Waals surface area contributed by atoms with Crippen LogP contribution in [0.25, 0.3) is 10.9 Å². The number of esters is 1. The van der Waals surface area contributed by atoms with E-state index < -0.39 is 22.0 Å². The molecule has 0 saturated carbocycles. The van der Waals surface area contributed by atoms with Crippen LogP contribution in [0.15, 0.2) is 83.8 Å². The molecule has 0 amide bonds. The van der Waals surface area contributed by atoms with Gasteiger partial charge in [-0.3, -0.25) is 19.6 Å². The van der Waals surface area contributed by atoms with Gasteiger partial charge in [0.2, 0.25) is 10.0 Å². The van der Waals surface area contributed by atoms with E-state index in [1.807, 2.05) is 42.2 Å². The van der Waals surface area contributed by atoms with Crippen LogP contribution in [0, 0.1) is 13.8 Å². The molecule has 10 heteroatoms. The molecule has 1 fully saturated rings. The van der Waals surface area contributed by atoms with Crippen LogP contribution in [0.2, 0.25) is 0 Å². The first-order chi connectivity index (χ1) is 20.7. The van der Waals surface area contributed by atoms with Gasteiger partial charge in [0.1, 0.15) is 18.4 Å². The van der Waals surface area contributed by atoms with Crippen molar-refractivity contribution in [1.82, 2.24) is 19.5 Å². The monoisotopic (exact) mass is 602 g/mol. The van der Waals surface area contributed by atoms with Crippen molar-refractivity contribution >= 4 is 26.9 Å². The topological polar surface area (TPSA) is 101 Å². The highest BCUT2D eigenvalue weighted by Gasteiger charge is 2.31. The smallest absolute Gasteiger partial charge is 0.324 e. The maximum absolute atomic E-state index is 13.1. The first-order valence-corrected chi connectivity index (χ1v) is 15.9. The van der Waals surface area contributed by atoms with Gasteiger partial charge in [-0.25, -0.2) is 13.1 Å². The van der Waals surface area contributed by atoms with Crippen molar-refractivity contribution in [3.8, 4) is 5.75 Å². The number of carbonyl (C=O) groups excluding carboxylic acids is 1. The summed E-state index contributed by atoms with van der Waals surface area (Å²) in [4.78, 5) is 21.7. The van der Waals surface area contributed by atoms with Gasteiger partial charge in [0.05, 0.1) is 17.5 Å². The fourth-order valence-electron chi connectivity index (χ4n) is 5.34. The van der Waals surface area contributed by atoms with Gasteiger partial charge in [-0.15, -0.1) is 0 Å². The molecule has 1 aliphatic rings. The number of para-hydroxylation sites is 1.